The first kappa shape index (κ1) is 17.0. The Morgan fingerprint density at radius 3 is 2.36 bits per heavy atom. The fourth-order valence-corrected chi connectivity index (χ4v) is 3.26. The van der Waals surface area contributed by atoms with Crippen LogP contribution in [-0.2, 0) is 6.54 Å². The van der Waals surface area contributed by atoms with Crippen LogP contribution in [0.15, 0.2) is 16.9 Å². The number of fused-ring (bicyclic) bond motifs is 1. The van der Waals surface area contributed by atoms with Crippen LogP contribution in [-0.4, -0.2) is 18.1 Å². The Morgan fingerprint density at radius 1 is 1.14 bits per heavy atom. The third-order valence-electron chi connectivity index (χ3n) is 4.32. The Bertz CT molecular complexity index is 715. The van der Waals surface area contributed by atoms with Gasteiger partial charge in [0.05, 0.1) is 24.2 Å². The molecule has 0 unspecified atom stereocenters. The third kappa shape index (κ3) is 3.36. The predicted molar refractivity (Wildman–Crippen MR) is 94.0 cm³/mol. The molecule has 1 heterocycles. The molecule has 0 amide bonds. The fourth-order valence-electron chi connectivity index (χ4n) is 3.10. The van der Waals surface area contributed by atoms with Crippen molar-refractivity contribution in [3.8, 4) is 0 Å². The Hall–Kier alpha value is -1.32. The molecule has 0 aliphatic rings. The molecule has 0 fully saturated rings. The number of aryl methyl sites for hydroxylation is 2. The van der Waals surface area contributed by atoms with Crippen molar-refractivity contribution in [2.24, 2.45) is 0 Å². The third-order valence-corrected chi connectivity index (χ3v) is 4.73. The number of aromatic nitrogens is 1. The van der Waals surface area contributed by atoms with E-state index in [1.165, 1.54) is 4.90 Å². The number of nitrogens with one attached hydrogen (secondary N) is 2. The average molecular weight is 322 g/mol. The van der Waals surface area contributed by atoms with Gasteiger partial charge in [-0.05, 0) is 44.4 Å². The second kappa shape index (κ2) is 7.30. The van der Waals surface area contributed by atoms with E-state index in [4.69, 9.17) is 11.6 Å². The van der Waals surface area contributed by atoms with E-state index in [-0.39, 0.29) is 5.43 Å². The molecule has 0 saturated heterocycles. The summed E-state index contributed by atoms with van der Waals surface area (Å²) in [4.78, 5) is 17.8. The average Bonchev–Trinajstić information content (AvgIpc) is 2.48. The van der Waals surface area contributed by atoms with Crippen LogP contribution in [0.2, 0.25) is 5.02 Å². The van der Waals surface area contributed by atoms with E-state index in [1.807, 2.05) is 26.0 Å². The normalized spacial score (nSPS) is 11.5. The number of H-pyrrole nitrogens is 1. The molecule has 2 aromatic rings. The van der Waals surface area contributed by atoms with E-state index in [2.05, 4.69) is 18.8 Å². The summed E-state index contributed by atoms with van der Waals surface area (Å²) >= 11 is 6.17. The first-order valence-electron chi connectivity index (χ1n) is 8.13. The summed E-state index contributed by atoms with van der Waals surface area (Å²) in [5, 5.41) is 1.44. The lowest BCUT2D eigenvalue weighted by Crippen LogP contribution is -3.10. The SMILES string of the molecule is CCC[NH+](CCC)Cc1c(C)[nH]c2c(C)c(Cl)ccc2c1=O. The molecular weight excluding hydrogens is 296 g/mol. The number of aromatic amines is 1. The van der Waals surface area contributed by atoms with Gasteiger partial charge in [-0.2, -0.15) is 0 Å². The van der Waals surface area contributed by atoms with Crippen molar-refractivity contribution < 1.29 is 4.90 Å². The highest BCUT2D eigenvalue weighted by Gasteiger charge is 2.16. The summed E-state index contributed by atoms with van der Waals surface area (Å²) in [5.74, 6) is 0. The summed E-state index contributed by atoms with van der Waals surface area (Å²) in [5.41, 5.74) is 3.83. The largest absolute Gasteiger partial charge is 0.358 e. The number of rotatable bonds is 6. The van der Waals surface area contributed by atoms with Crippen LogP contribution >= 0.6 is 11.6 Å². The Balaban J connectivity index is 2.51. The lowest BCUT2D eigenvalue weighted by Gasteiger charge is -2.19. The quantitative estimate of drug-likeness (QED) is 0.843. The van der Waals surface area contributed by atoms with E-state index in [1.54, 1.807) is 0 Å². The molecule has 0 atom stereocenters. The van der Waals surface area contributed by atoms with Crippen molar-refractivity contribution in [3.05, 3.63) is 44.2 Å². The van der Waals surface area contributed by atoms with Crippen LogP contribution in [0.5, 0.6) is 0 Å². The van der Waals surface area contributed by atoms with Gasteiger partial charge in [0.1, 0.15) is 6.54 Å². The fraction of sp³-hybridized carbons (Fsp3) is 0.500. The van der Waals surface area contributed by atoms with Gasteiger partial charge in [-0.15, -0.1) is 0 Å². The molecule has 2 N–H and O–H groups in total. The summed E-state index contributed by atoms with van der Waals surface area (Å²) in [7, 11) is 0. The maximum absolute atomic E-state index is 12.9. The predicted octanol–water partition coefficient (Wildman–Crippen LogP) is 3.00. The van der Waals surface area contributed by atoms with Crippen LogP contribution in [0.25, 0.3) is 10.9 Å². The van der Waals surface area contributed by atoms with E-state index >= 15 is 0 Å². The lowest BCUT2D eigenvalue weighted by molar-refractivity contribution is -0.914. The highest BCUT2D eigenvalue weighted by molar-refractivity contribution is 6.32. The molecule has 0 aliphatic carbocycles. The minimum atomic E-state index is 0.149. The maximum Gasteiger partial charge on any atom is 0.198 e. The zero-order chi connectivity index (χ0) is 16.3. The highest BCUT2D eigenvalue weighted by atomic mass is 35.5. The molecule has 0 radical (unpaired) electrons. The molecule has 0 saturated carbocycles. The van der Waals surface area contributed by atoms with Gasteiger partial charge in [0.2, 0.25) is 0 Å². The van der Waals surface area contributed by atoms with E-state index in [0.717, 1.165) is 60.2 Å². The van der Waals surface area contributed by atoms with Crippen molar-refractivity contribution in [2.45, 2.75) is 47.1 Å². The Morgan fingerprint density at radius 2 is 1.77 bits per heavy atom. The maximum atomic E-state index is 12.9. The molecule has 120 valence electrons. The lowest BCUT2D eigenvalue weighted by atomic mass is 10.1. The molecule has 0 aliphatic heterocycles. The van der Waals surface area contributed by atoms with Gasteiger partial charge in [-0.3, -0.25) is 4.79 Å². The Kier molecular flexibility index (Phi) is 5.65. The molecule has 3 nitrogen and oxygen atoms in total. The van der Waals surface area contributed by atoms with Crippen molar-refractivity contribution in [1.82, 2.24) is 4.98 Å². The zero-order valence-corrected chi connectivity index (χ0v) is 14.7. The minimum Gasteiger partial charge on any atom is -0.358 e. The van der Waals surface area contributed by atoms with Crippen molar-refractivity contribution in [3.63, 3.8) is 0 Å². The van der Waals surface area contributed by atoms with Gasteiger partial charge < -0.3 is 9.88 Å². The smallest absolute Gasteiger partial charge is 0.198 e. The van der Waals surface area contributed by atoms with Crippen molar-refractivity contribution in [2.75, 3.05) is 13.1 Å². The number of halogens is 1. The zero-order valence-electron chi connectivity index (χ0n) is 14.0. The molecule has 1 aromatic heterocycles. The molecule has 0 bridgehead atoms. The molecule has 22 heavy (non-hydrogen) atoms. The van der Waals surface area contributed by atoms with Crippen molar-refractivity contribution in [1.29, 1.82) is 0 Å². The number of pyridine rings is 1. The first-order chi connectivity index (χ1) is 10.5. The van der Waals surface area contributed by atoms with Gasteiger partial charge in [0.25, 0.3) is 0 Å². The number of hydrogen-bond donors (Lipinski definition) is 2. The molecular formula is C18H26ClN2O+. The van der Waals surface area contributed by atoms with E-state index in [9.17, 15) is 4.79 Å². The second-order valence-corrected chi connectivity index (χ2v) is 6.49. The standard InChI is InChI=1S/C18H25ClN2O/c1-5-9-21(10-6-2)11-15-13(4)20-17-12(3)16(19)8-7-14(17)18(15)22/h7-8H,5-6,9-11H2,1-4H3,(H,20,22)/p+1. The van der Waals surface area contributed by atoms with Crippen LogP contribution in [0.1, 0.15) is 43.5 Å². The topological polar surface area (TPSA) is 37.3 Å². The Labute approximate surface area is 137 Å². The van der Waals surface area contributed by atoms with Crippen LogP contribution < -0.4 is 10.3 Å². The molecule has 2 rings (SSSR count). The van der Waals surface area contributed by atoms with Gasteiger partial charge in [0, 0.05) is 16.1 Å². The number of hydrogen-bond acceptors (Lipinski definition) is 1. The van der Waals surface area contributed by atoms with Gasteiger partial charge in [0.15, 0.2) is 5.43 Å². The molecule has 4 heteroatoms. The minimum absolute atomic E-state index is 0.149. The summed E-state index contributed by atoms with van der Waals surface area (Å²) < 4.78 is 0. The van der Waals surface area contributed by atoms with Gasteiger partial charge in [-0.25, -0.2) is 0 Å². The number of benzene rings is 1. The second-order valence-electron chi connectivity index (χ2n) is 6.08. The van der Waals surface area contributed by atoms with Crippen LogP contribution in [0.3, 0.4) is 0 Å². The highest BCUT2D eigenvalue weighted by Crippen LogP contribution is 2.22. The van der Waals surface area contributed by atoms with E-state index < -0.39 is 0 Å². The first-order valence-corrected chi connectivity index (χ1v) is 8.51. The van der Waals surface area contributed by atoms with Gasteiger partial charge in [-0.1, -0.05) is 25.4 Å². The monoisotopic (exact) mass is 321 g/mol. The number of quaternary nitrogens is 1. The van der Waals surface area contributed by atoms with E-state index in [0.29, 0.717) is 5.02 Å². The van der Waals surface area contributed by atoms with Crippen LogP contribution in [0, 0.1) is 13.8 Å². The van der Waals surface area contributed by atoms with Crippen molar-refractivity contribution >= 4 is 22.5 Å². The van der Waals surface area contributed by atoms with Crippen LogP contribution in [0.4, 0.5) is 0 Å². The summed E-state index contributed by atoms with van der Waals surface area (Å²) in [6.07, 6.45) is 2.27. The summed E-state index contributed by atoms with van der Waals surface area (Å²) in [6.45, 7) is 11.3. The molecule has 1 aromatic carbocycles. The van der Waals surface area contributed by atoms with Gasteiger partial charge >= 0.3 is 0 Å². The molecule has 0 spiro atoms. The summed E-state index contributed by atoms with van der Waals surface area (Å²) in [6, 6.07) is 3.65.